The second-order valence-electron chi connectivity index (χ2n) is 9.59. The van der Waals surface area contributed by atoms with Crippen molar-refractivity contribution < 1.29 is 19.1 Å². The highest BCUT2D eigenvalue weighted by atomic mass is 16.5. The average Bonchev–Trinajstić information content (AvgIpc) is 3.33. The summed E-state index contributed by atoms with van der Waals surface area (Å²) in [6.07, 6.45) is 6.81. The molecule has 3 heterocycles. The quantitative estimate of drug-likeness (QED) is 0.750. The third-order valence-electron chi connectivity index (χ3n) is 7.49. The maximum atomic E-state index is 12.9. The van der Waals surface area contributed by atoms with Gasteiger partial charge in [-0.2, -0.15) is 0 Å². The fraction of sp³-hybridized carbons (Fsp3) is 0.625. The first kappa shape index (κ1) is 20.5. The Balaban J connectivity index is 1.27. The smallest absolute Gasteiger partial charge is 0.255 e. The highest BCUT2D eigenvalue weighted by Gasteiger charge is 2.40. The minimum absolute atomic E-state index is 0.141. The Kier molecular flexibility index (Phi) is 5.46. The van der Waals surface area contributed by atoms with Crippen molar-refractivity contribution >= 4 is 17.7 Å². The predicted octanol–water partition coefficient (Wildman–Crippen LogP) is 2.48. The van der Waals surface area contributed by atoms with Crippen molar-refractivity contribution in [2.45, 2.75) is 76.6 Å². The van der Waals surface area contributed by atoms with E-state index in [0.29, 0.717) is 24.6 Å². The Morgan fingerprint density at radius 2 is 1.84 bits per heavy atom. The van der Waals surface area contributed by atoms with Crippen LogP contribution >= 0.6 is 0 Å². The van der Waals surface area contributed by atoms with E-state index in [1.807, 2.05) is 18.2 Å². The first-order chi connectivity index (χ1) is 15.0. The number of fused-ring (bicyclic) bond motifs is 1. The van der Waals surface area contributed by atoms with Gasteiger partial charge in [0.1, 0.15) is 17.9 Å². The molecule has 7 nitrogen and oxygen atoms in total. The summed E-state index contributed by atoms with van der Waals surface area (Å²) < 4.78 is 6.45. The van der Waals surface area contributed by atoms with Gasteiger partial charge in [0, 0.05) is 24.6 Å². The third-order valence-corrected chi connectivity index (χ3v) is 7.49. The van der Waals surface area contributed by atoms with Crippen molar-refractivity contribution in [2.75, 3.05) is 13.1 Å². The zero-order valence-electron chi connectivity index (χ0n) is 18.1. The molecule has 3 fully saturated rings. The Morgan fingerprint density at radius 1 is 1.03 bits per heavy atom. The Morgan fingerprint density at radius 3 is 2.61 bits per heavy atom. The van der Waals surface area contributed by atoms with Crippen LogP contribution in [0.4, 0.5) is 0 Å². The summed E-state index contributed by atoms with van der Waals surface area (Å²) in [4.78, 5) is 40.8. The molecule has 5 rings (SSSR count). The van der Waals surface area contributed by atoms with Crippen LogP contribution in [0.3, 0.4) is 0 Å². The van der Waals surface area contributed by atoms with Gasteiger partial charge in [0.25, 0.3) is 5.91 Å². The maximum Gasteiger partial charge on any atom is 0.255 e. The van der Waals surface area contributed by atoms with Gasteiger partial charge < -0.3 is 9.64 Å². The van der Waals surface area contributed by atoms with Crippen molar-refractivity contribution in [1.82, 2.24) is 15.1 Å². The average molecular weight is 426 g/mol. The Hall–Kier alpha value is -2.41. The molecule has 7 heteroatoms. The van der Waals surface area contributed by atoms with Crippen LogP contribution in [0.25, 0.3) is 0 Å². The van der Waals surface area contributed by atoms with Crippen LogP contribution in [-0.4, -0.2) is 58.8 Å². The fourth-order valence-corrected chi connectivity index (χ4v) is 5.62. The van der Waals surface area contributed by atoms with E-state index in [4.69, 9.17) is 4.74 Å². The zero-order valence-corrected chi connectivity index (χ0v) is 18.1. The lowest BCUT2D eigenvalue weighted by molar-refractivity contribution is -0.136. The minimum Gasteiger partial charge on any atom is -0.489 e. The van der Waals surface area contributed by atoms with Crippen LogP contribution in [0.5, 0.6) is 5.75 Å². The number of carbonyl (C=O) groups is 3. The normalized spacial score (nSPS) is 29.9. The molecule has 166 valence electrons. The van der Waals surface area contributed by atoms with Gasteiger partial charge in [0.15, 0.2) is 0 Å². The second kappa shape index (κ2) is 8.26. The summed E-state index contributed by atoms with van der Waals surface area (Å²) >= 11 is 0. The van der Waals surface area contributed by atoms with Crippen molar-refractivity contribution in [1.29, 1.82) is 0 Å². The first-order valence-corrected chi connectivity index (χ1v) is 11.7. The van der Waals surface area contributed by atoms with Gasteiger partial charge in [-0.3, -0.25) is 24.6 Å². The number of piperidine rings is 2. The second-order valence-corrected chi connectivity index (χ2v) is 9.59. The zero-order chi connectivity index (χ0) is 21.5. The van der Waals surface area contributed by atoms with Gasteiger partial charge in [-0.1, -0.05) is 6.92 Å². The molecule has 0 aromatic heterocycles. The topological polar surface area (TPSA) is 79.0 Å². The Labute approximate surface area is 183 Å². The third kappa shape index (κ3) is 3.95. The molecular formula is C24H31N3O4. The number of benzene rings is 1. The summed E-state index contributed by atoms with van der Waals surface area (Å²) in [5.41, 5.74) is 1.53. The highest BCUT2D eigenvalue weighted by molar-refractivity contribution is 6.05. The van der Waals surface area contributed by atoms with Gasteiger partial charge in [0.2, 0.25) is 11.8 Å². The number of carbonyl (C=O) groups excluding carboxylic acids is 3. The van der Waals surface area contributed by atoms with Crippen molar-refractivity contribution in [3.05, 3.63) is 29.3 Å². The van der Waals surface area contributed by atoms with Crippen LogP contribution in [0.2, 0.25) is 0 Å². The SMILES string of the molecule is CC1CCN([C@H]2CCCC2Oc2ccc3c(c2)CN(C2CCC(=O)NC2=O)C3=O)CC1. The molecule has 0 radical (unpaired) electrons. The standard InChI is InChI=1S/C24H31N3O4/c1-15-9-11-26(12-10-15)19-3-2-4-21(19)31-17-5-6-18-16(13-17)14-27(24(18)30)20-7-8-22(28)25-23(20)29/h5-6,13,15,19-21H,2-4,7-12,14H2,1H3,(H,25,28,29)/t19-,20?,21?/m0/s1. The summed E-state index contributed by atoms with van der Waals surface area (Å²) in [6.45, 7) is 5.04. The minimum atomic E-state index is -0.581. The molecule has 1 aromatic rings. The van der Waals surface area contributed by atoms with Crippen LogP contribution in [-0.2, 0) is 16.1 Å². The van der Waals surface area contributed by atoms with E-state index in [-0.39, 0.29) is 30.2 Å². The lowest BCUT2D eigenvalue weighted by Crippen LogP contribution is -2.52. The molecule has 0 spiro atoms. The molecule has 3 atom stereocenters. The van der Waals surface area contributed by atoms with Gasteiger partial charge in [-0.25, -0.2) is 0 Å². The van der Waals surface area contributed by atoms with E-state index in [1.54, 1.807) is 4.90 Å². The molecule has 3 amide bonds. The molecule has 3 aliphatic heterocycles. The van der Waals surface area contributed by atoms with Crippen molar-refractivity contribution in [2.24, 2.45) is 5.92 Å². The van der Waals surface area contributed by atoms with Crippen LogP contribution in [0.15, 0.2) is 18.2 Å². The number of nitrogens with zero attached hydrogens (tertiary/aromatic N) is 2. The summed E-state index contributed by atoms with van der Waals surface area (Å²) in [7, 11) is 0. The van der Waals surface area contributed by atoms with Gasteiger partial charge in [-0.05, 0) is 81.3 Å². The number of rotatable bonds is 4. The number of hydrogen-bond donors (Lipinski definition) is 1. The lowest BCUT2D eigenvalue weighted by Gasteiger charge is -2.37. The van der Waals surface area contributed by atoms with Crippen molar-refractivity contribution in [3.63, 3.8) is 0 Å². The van der Waals surface area contributed by atoms with Crippen LogP contribution in [0.1, 0.15) is 67.8 Å². The molecule has 2 saturated heterocycles. The van der Waals surface area contributed by atoms with Gasteiger partial charge in [-0.15, -0.1) is 0 Å². The molecule has 2 unspecified atom stereocenters. The maximum absolute atomic E-state index is 12.9. The molecule has 1 aliphatic carbocycles. The monoisotopic (exact) mass is 425 g/mol. The van der Waals surface area contributed by atoms with E-state index in [2.05, 4.69) is 17.1 Å². The van der Waals surface area contributed by atoms with E-state index < -0.39 is 6.04 Å². The van der Waals surface area contributed by atoms with Crippen LogP contribution < -0.4 is 10.1 Å². The number of likely N-dealkylation sites (tertiary alicyclic amines) is 1. The van der Waals surface area contributed by atoms with E-state index in [0.717, 1.165) is 36.7 Å². The van der Waals surface area contributed by atoms with Crippen molar-refractivity contribution in [3.8, 4) is 5.75 Å². The summed E-state index contributed by atoms with van der Waals surface area (Å²) in [5, 5.41) is 2.35. The highest BCUT2D eigenvalue weighted by Crippen LogP contribution is 2.34. The summed E-state index contributed by atoms with van der Waals surface area (Å²) in [5.74, 6) is 0.837. The molecule has 1 saturated carbocycles. The van der Waals surface area contributed by atoms with Gasteiger partial charge in [0.05, 0.1) is 0 Å². The number of imide groups is 1. The first-order valence-electron chi connectivity index (χ1n) is 11.7. The number of amides is 3. The largest absolute Gasteiger partial charge is 0.489 e. The molecule has 31 heavy (non-hydrogen) atoms. The fourth-order valence-electron chi connectivity index (χ4n) is 5.62. The number of nitrogens with one attached hydrogen (secondary N) is 1. The Bertz CT molecular complexity index is 893. The lowest BCUT2D eigenvalue weighted by atomic mass is 9.97. The molecule has 4 aliphatic rings. The number of ether oxygens (including phenoxy) is 1. The predicted molar refractivity (Wildman–Crippen MR) is 115 cm³/mol. The number of hydrogen-bond acceptors (Lipinski definition) is 5. The van der Waals surface area contributed by atoms with E-state index in [1.165, 1.54) is 25.7 Å². The molecular weight excluding hydrogens is 394 g/mol. The van der Waals surface area contributed by atoms with Gasteiger partial charge >= 0.3 is 0 Å². The van der Waals surface area contributed by atoms with E-state index >= 15 is 0 Å². The molecule has 1 aromatic carbocycles. The molecule has 1 N–H and O–H groups in total. The summed E-state index contributed by atoms with van der Waals surface area (Å²) in [6, 6.07) is 5.57. The molecule has 0 bridgehead atoms. The van der Waals surface area contributed by atoms with E-state index in [9.17, 15) is 14.4 Å². The van der Waals surface area contributed by atoms with Crippen LogP contribution in [0, 0.1) is 5.92 Å².